The smallest absolute Gasteiger partial charge is 0.224 e. The van der Waals surface area contributed by atoms with E-state index < -0.39 is 11.6 Å². The van der Waals surface area contributed by atoms with Gasteiger partial charge >= 0.3 is 0 Å². The lowest BCUT2D eigenvalue weighted by molar-refractivity contribution is -0.120. The number of benzene rings is 2. The monoisotopic (exact) mass is 449 g/mol. The fraction of sp³-hybridized carbons (Fsp3) is 0.192. The lowest BCUT2D eigenvalue weighted by Crippen LogP contribution is -2.22. The van der Waals surface area contributed by atoms with Crippen LogP contribution in [0.5, 0.6) is 17.2 Å². The van der Waals surface area contributed by atoms with Crippen molar-refractivity contribution in [3.8, 4) is 17.2 Å². The second-order valence-corrected chi connectivity index (χ2v) is 7.66. The number of hydrogen-bond acceptors (Lipinski definition) is 5. The van der Waals surface area contributed by atoms with Crippen LogP contribution in [0.15, 0.2) is 58.7 Å². The number of carbonyl (C=O) groups excluding carboxylic acids is 1. The van der Waals surface area contributed by atoms with Crippen LogP contribution >= 0.6 is 0 Å². The fourth-order valence-electron chi connectivity index (χ4n) is 3.94. The zero-order valence-electron chi connectivity index (χ0n) is 18.6. The van der Waals surface area contributed by atoms with Crippen LogP contribution in [0.1, 0.15) is 35.8 Å². The molecule has 1 amide bonds. The zero-order chi connectivity index (χ0) is 23.5. The maximum absolute atomic E-state index is 14.2. The number of furan rings is 1. The minimum Gasteiger partial charge on any atom is -0.502 e. The predicted molar refractivity (Wildman–Crippen MR) is 123 cm³/mol. The number of fused-ring (bicyclic) bond motifs is 1. The number of allylic oxidation sites excluding steroid dienone is 2. The number of phenolic OH excluding ortho intramolecular Hbond substituents is 1. The van der Waals surface area contributed by atoms with Crippen molar-refractivity contribution in [2.24, 2.45) is 0 Å². The first kappa shape index (κ1) is 22.2. The molecule has 0 fully saturated rings. The molecule has 0 atom stereocenters. The largest absolute Gasteiger partial charge is 0.502 e. The minimum atomic E-state index is -0.770. The molecule has 6 nitrogen and oxygen atoms in total. The van der Waals surface area contributed by atoms with Gasteiger partial charge in [-0.1, -0.05) is 6.07 Å². The van der Waals surface area contributed by atoms with Crippen LogP contribution in [0.4, 0.5) is 4.39 Å². The highest BCUT2D eigenvalue weighted by atomic mass is 19.1. The molecule has 33 heavy (non-hydrogen) atoms. The number of nitrogens with one attached hydrogen (secondary N) is 1. The standard InChI is InChI=1S/C26H24FNO5/c1-15-20(9-16-10-23(27)26(30)24(11-16)32-3)19-7-6-17(31-2)12-22(19)21(15)13-25(29)28-14-18-5-4-8-33-18/h4-12,30H,13-14H2,1-3H3,(H,28,29)/b20-9-. The van der Waals surface area contributed by atoms with Gasteiger partial charge in [-0.05, 0) is 82.8 Å². The maximum Gasteiger partial charge on any atom is 0.224 e. The van der Waals surface area contributed by atoms with Gasteiger partial charge in [-0.2, -0.15) is 0 Å². The predicted octanol–water partition coefficient (Wildman–Crippen LogP) is 5.18. The zero-order valence-corrected chi connectivity index (χ0v) is 18.6. The van der Waals surface area contributed by atoms with E-state index in [-0.39, 0.29) is 18.1 Å². The van der Waals surface area contributed by atoms with Gasteiger partial charge in [-0.15, -0.1) is 0 Å². The van der Waals surface area contributed by atoms with Crippen LogP contribution < -0.4 is 14.8 Å². The van der Waals surface area contributed by atoms with Gasteiger partial charge in [0.05, 0.1) is 33.4 Å². The van der Waals surface area contributed by atoms with Gasteiger partial charge in [-0.25, -0.2) is 4.39 Å². The molecule has 0 bridgehead atoms. The highest BCUT2D eigenvalue weighted by Gasteiger charge is 2.26. The highest BCUT2D eigenvalue weighted by Crippen LogP contribution is 2.45. The van der Waals surface area contributed by atoms with Crippen molar-refractivity contribution >= 4 is 23.1 Å². The summed E-state index contributed by atoms with van der Waals surface area (Å²) < 4.78 is 29.9. The SMILES string of the molecule is COc1ccc2c(c1)C(CC(=O)NCc1ccco1)=C(C)/C2=C/c1cc(F)c(O)c(OC)c1. The van der Waals surface area contributed by atoms with Gasteiger partial charge in [0.1, 0.15) is 11.5 Å². The first-order valence-corrected chi connectivity index (χ1v) is 10.4. The molecule has 1 aromatic heterocycles. The van der Waals surface area contributed by atoms with Crippen LogP contribution in [-0.4, -0.2) is 25.2 Å². The quantitative estimate of drug-likeness (QED) is 0.520. The Morgan fingerprint density at radius 3 is 2.67 bits per heavy atom. The molecule has 4 rings (SSSR count). The van der Waals surface area contributed by atoms with Crippen LogP contribution in [0.3, 0.4) is 0 Å². The Bertz CT molecular complexity index is 1260. The summed E-state index contributed by atoms with van der Waals surface area (Å²) in [4.78, 5) is 12.7. The third kappa shape index (κ3) is 4.48. The Morgan fingerprint density at radius 2 is 1.97 bits per heavy atom. The normalized spacial score (nSPS) is 13.9. The molecule has 0 saturated carbocycles. The molecule has 1 heterocycles. The summed E-state index contributed by atoms with van der Waals surface area (Å²) in [6.45, 7) is 2.24. The summed E-state index contributed by atoms with van der Waals surface area (Å²) in [7, 11) is 2.96. The van der Waals surface area contributed by atoms with Crippen molar-refractivity contribution in [3.05, 3.63) is 82.6 Å². The van der Waals surface area contributed by atoms with Crippen molar-refractivity contribution in [3.63, 3.8) is 0 Å². The first-order chi connectivity index (χ1) is 15.9. The van der Waals surface area contributed by atoms with Crippen molar-refractivity contribution in [2.75, 3.05) is 14.2 Å². The third-order valence-electron chi connectivity index (χ3n) is 5.66. The number of aromatic hydroxyl groups is 1. The molecule has 1 aliphatic carbocycles. The molecule has 2 N–H and O–H groups in total. The van der Waals surface area contributed by atoms with E-state index >= 15 is 0 Å². The topological polar surface area (TPSA) is 80.9 Å². The lowest BCUT2D eigenvalue weighted by atomic mass is 10.00. The lowest BCUT2D eigenvalue weighted by Gasteiger charge is -2.09. The van der Waals surface area contributed by atoms with Crippen molar-refractivity contribution in [2.45, 2.75) is 19.9 Å². The summed E-state index contributed by atoms with van der Waals surface area (Å²) in [6, 6.07) is 12.0. The Hall–Kier alpha value is -4.00. The van der Waals surface area contributed by atoms with Crippen LogP contribution in [0.25, 0.3) is 17.2 Å². The van der Waals surface area contributed by atoms with Gasteiger partial charge in [0.2, 0.25) is 5.91 Å². The number of halogens is 1. The molecule has 0 spiro atoms. The average molecular weight is 449 g/mol. The molecule has 0 unspecified atom stereocenters. The molecular formula is C26H24FNO5. The molecule has 7 heteroatoms. The van der Waals surface area contributed by atoms with Crippen LogP contribution in [0, 0.1) is 5.82 Å². The average Bonchev–Trinajstić information content (AvgIpc) is 3.42. The van der Waals surface area contributed by atoms with Gasteiger partial charge in [0.25, 0.3) is 0 Å². The summed E-state index contributed by atoms with van der Waals surface area (Å²) in [5.41, 5.74) is 4.94. The fourth-order valence-corrected chi connectivity index (χ4v) is 3.94. The summed E-state index contributed by atoms with van der Waals surface area (Å²) in [5, 5.41) is 12.7. The van der Waals surface area contributed by atoms with E-state index in [9.17, 15) is 14.3 Å². The van der Waals surface area contributed by atoms with E-state index in [1.807, 2.05) is 31.2 Å². The molecule has 0 aliphatic heterocycles. The summed E-state index contributed by atoms with van der Waals surface area (Å²) >= 11 is 0. The minimum absolute atomic E-state index is 0.0500. The van der Waals surface area contributed by atoms with Crippen molar-refractivity contribution in [1.82, 2.24) is 5.32 Å². The number of ether oxygens (including phenoxy) is 2. The van der Waals surface area contributed by atoms with Crippen LogP contribution in [0.2, 0.25) is 0 Å². The highest BCUT2D eigenvalue weighted by molar-refractivity contribution is 6.08. The first-order valence-electron chi connectivity index (χ1n) is 10.4. The molecule has 0 radical (unpaired) electrons. The summed E-state index contributed by atoms with van der Waals surface area (Å²) in [6.07, 6.45) is 3.54. The number of rotatable bonds is 7. The number of hydrogen-bond donors (Lipinski definition) is 2. The Balaban J connectivity index is 1.71. The van der Waals surface area contributed by atoms with Gasteiger partial charge < -0.3 is 24.3 Å². The van der Waals surface area contributed by atoms with E-state index in [0.29, 0.717) is 23.6 Å². The van der Waals surface area contributed by atoms with E-state index in [4.69, 9.17) is 13.9 Å². The van der Waals surface area contributed by atoms with Gasteiger partial charge in [0.15, 0.2) is 17.3 Å². The van der Waals surface area contributed by atoms with Crippen molar-refractivity contribution < 1.29 is 28.2 Å². The Kier molecular flexibility index (Phi) is 6.22. The Morgan fingerprint density at radius 1 is 1.15 bits per heavy atom. The van der Waals surface area contributed by atoms with E-state index in [2.05, 4.69) is 5.32 Å². The number of amides is 1. The Labute approximate surface area is 191 Å². The summed E-state index contributed by atoms with van der Waals surface area (Å²) in [5.74, 6) is -0.0483. The third-order valence-corrected chi connectivity index (χ3v) is 5.66. The molecule has 0 saturated heterocycles. The second kappa shape index (κ2) is 9.24. The van der Waals surface area contributed by atoms with Crippen LogP contribution in [-0.2, 0) is 11.3 Å². The number of carbonyl (C=O) groups is 1. The molecule has 1 aliphatic rings. The molecule has 2 aromatic carbocycles. The molecular weight excluding hydrogens is 425 g/mol. The number of phenols is 1. The molecule has 170 valence electrons. The van der Waals surface area contributed by atoms with E-state index in [0.717, 1.165) is 27.8 Å². The van der Waals surface area contributed by atoms with E-state index in [1.54, 1.807) is 31.6 Å². The van der Waals surface area contributed by atoms with Crippen molar-refractivity contribution in [1.29, 1.82) is 0 Å². The van der Waals surface area contributed by atoms with Gasteiger partial charge in [-0.3, -0.25) is 4.79 Å². The second-order valence-electron chi connectivity index (χ2n) is 7.66. The molecule has 3 aromatic rings. The number of methoxy groups -OCH3 is 2. The van der Waals surface area contributed by atoms with E-state index in [1.165, 1.54) is 13.2 Å². The van der Waals surface area contributed by atoms with Gasteiger partial charge in [0, 0.05) is 0 Å². The maximum atomic E-state index is 14.2.